The smallest absolute Gasteiger partial charge is 0.317 e. The van der Waals surface area contributed by atoms with Crippen molar-refractivity contribution in [3.05, 3.63) is 11.1 Å². The molecule has 1 atom stereocenters. The van der Waals surface area contributed by atoms with Crippen molar-refractivity contribution in [2.45, 2.75) is 39.5 Å². The number of anilines is 1. The average molecular weight is 282 g/mol. The van der Waals surface area contributed by atoms with E-state index >= 15 is 0 Å². The molecular weight excluding hydrogens is 260 g/mol. The average Bonchev–Trinajstić information content (AvgIpc) is 2.79. The first-order valence-electron chi connectivity index (χ1n) is 6.55. The van der Waals surface area contributed by atoms with E-state index in [1.165, 1.54) is 13.5 Å². The van der Waals surface area contributed by atoms with Gasteiger partial charge in [0.2, 0.25) is 0 Å². The lowest BCUT2D eigenvalue weighted by molar-refractivity contribution is -0.146. The van der Waals surface area contributed by atoms with Crippen LogP contribution in [0.15, 0.2) is 5.38 Å². The molecule has 0 radical (unpaired) electrons. The zero-order chi connectivity index (χ0) is 14.3. The van der Waals surface area contributed by atoms with Gasteiger partial charge in [0, 0.05) is 11.9 Å². The number of hydrogen-bond acceptors (Lipinski definition) is 5. The Bertz CT molecular complexity index is 480. The lowest BCUT2D eigenvalue weighted by Crippen LogP contribution is -2.30. The summed E-state index contributed by atoms with van der Waals surface area (Å²) in [6.07, 6.45) is 1.27. The fraction of sp³-hybridized carbons (Fsp3) is 0.714. The first-order valence-corrected chi connectivity index (χ1v) is 7.43. The summed E-state index contributed by atoms with van der Waals surface area (Å²) in [6.45, 7) is 9.20. The van der Waals surface area contributed by atoms with Crippen LogP contribution < -0.4 is 5.32 Å². The summed E-state index contributed by atoms with van der Waals surface area (Å²) in [5.74, 6) is 0.473. The van der Waals surface area contributed by atoms with Crippen LogP contribution >= 0.6 is 11.3 Å². The predicted octanol–water partition coefficient (Wildman–Crippen LogP) is 3.05. The van der Waals surface area contributed by atoms with Crippen molar-refractivity contribution in [1.82, 2.24) is 4.98 Å². The third-order valence-electron chi connectivity index (χ3n) is 4.06. The van der Waals surface area contributed by atoms with Crippen LogP contribution in [0.2, 0.25) is 0 Å². The van der Waals surface area contributed by atoms with Gasteiger partial charge in [-0.05, 0) is 31.6 Å². The standard InChI is InChI=1S/C14H22N2O2S/c1-13(2)6-9(13)7-15-12-16-10(8-19-12)14(3,4)11(17)18-5/h8-9H,6-7H2,1-5H3,(H,15,16). The maximum absolute atomic E-state index is 11.7. The lowest BCUT2D eigenvalue weighted by atomic mass is 9.90. The maximum atomic E-state index is 11.7. The first-order chi connectivity index (χ1) is 8.77. The fourth-order valence-corrected chi connectivity index (χ4v) is 3.03. The molecule has 0 amide bonds. The van der Waals surface area contributed by atoms with Crippen LogP contribution in [0.4, 0.5) is 5.13 Å². The molecule has 4 nitrogen and oxygen atoms in total. The molecule has 5 heteroatoms. The number of hydrogen-bond donors (Lipinski definition) is 1. The molecule has 19 heavy (non-hydrogen) atoms. The second-order valence-corrected chi connectivity index (χ2v) is 7.28. The van der Waals surface area contributed by atoms with Crippen LogP contribution in [-0.2, 0) is 14.9 Å². The Kier molecular flexibility index (Phi) is 3.60. The topological polar surface area (TPSA) is 51.2 Å². The van der Waals surface area contributed by atoms with Gasteiger partial charge in [-0.3, -0.25) is 4.79 Å². The fourth-order valence-electron chi connectivity index (χ4n) is 2.14. The number of nitrogens with zero attached hydrogens (tertiary/aromatic N) is 1. The van der Waals surface area contributed by atoms with Gasteiger partial charge in [-0.15, -0.1) is 11.3 Å². The van der Waals surface area contributed by atoms with Gasteiger partial charge < -0.3 is 10.1 Å². The van der Waals surface area contributed by atoms with E-state index in [0.29, 0.717) is 5.41 Å². The van der Waals surface area contributed by atoms with Crippen LogP contribution in [0.5, 0.6) is 0 Å². The van der Waals surface area contributed by atoms with Crippen LogP contribution in [-0.4, -0.2) is 24.6 Å². The quantitative estimate of drug-likeness (QED) is 0.843. The minimum atomic E-state index is -0.690. The number of nitrogens with one attached hydrogen (secondary N) is 1. The van der Waals surface area contributed by atoms with E-state index in [9.17, 15) is 4.79 Å². The largest absolute Gasteiger partial charge is 0.468 e. The molecule has 1 aliphatic carbocycles. The Hall–Kier alpha value is -1.10. The third kappa shape index (κ3) is 2.91. The SMILES string of the molecule is COC(=O)C(C)(C)c1csc(NCC2CC2(C)C)n1. The molecule has 0 saturated heterocycles. The Morgan fingerprint density at radius 2 is 2.26 bits per heavy atom. The van der Waals surface area contributed by atoms with Gasteiger partial charge in [-0.25, -0.2) is 4.98 Å². The van der Waals surface area contributed by atoms with Crippen molar-refractivity contribution in [3.8, 4) is 0 Å². The summed E-state index contributed by atoms with van der Waals surface area (Å²) in [5, 5.41) is 6.18. The molecule has 1 saturated carbocycles. The summed E-state index contributed by atoms with van der Waals surface area (Å²) in [4.78, 5) is 16.2. The highest BCUT2D eigenvalue weighted by Crippen LogP contribution is 2.51. The molecule has 0 bridgehead atoms. The molecule has 106 valence electrons. The Morgan fingerprint density at radius 3 is 2.79 bits per heavy atom. The number of esters is 1. The summed E-state index contributed by atoms with van der Waals surface area (Å²) in [7, 11) is 1.41. The Morgan fingerprint density at radius 1 is 1.63 bits per heavy atom. The van der Waals surface area contributed by atoms with E-state index in [1.807, 2.05) is 19.2 Å². The van der Waals surface area contributed by atoms with Gasteiger partial charge in [0.1, 0.15) is 5.41 Å². The van der Waals surface area contributed by atoms with Crippen molar-refractivity contribution in [2.75, 3.05) is 19.0 Å². The van der Waals surface area contributed by atoms with E-state index in [0.717, 1.165) is 23.3 Å². The molecule has 1 fully saturated rings. The molecule has 1 aliphatic rings. The molecule has 0 aliphatic heterocycles. The monoisotopic (exact) mass is 282 g/mol. The van der Waals surface area contributed by atoms with Crippen molar-refractivity contribution < 1.29 is 9.53 Å². The Balaban J connectivity index is 1.97. The zero-order valence-electron chi connectivity index (χ0n) is 12.2. The zero-order valence-corrected chi connectivity index (χ0v) is 13.1. The molecule has 1 heterocycles. The highest BCUT2D eigenvalue weighted by Gasteiger charge is 2.45. The van der Waals surface area contributed by atoms with Crippen LogP contribution in [0.1, 0.15) is 39.8 Å². The number of carbonyl (C=O) groups is 1. The summed E-state index contributed by atoms with van der Waals surface area (Å²) < 4.78 is 4.82. The molecular formula is C14H22N2O2S. The van der Waals surface area contributed by atoms with Crippen LogP contribution in [0.25, 0.3) is 0 Å². The van der Waals surface area contributed by atoms with E-state index in [2.05, 4.69) is 24.1 Å². The Labute approximate surface area is 118 Å². The maximum Gasteiger partial charge on any atom is 0.317 e. The molecule has 1 N–H and O–H groups in total. The number of rotatable bonds is 5. The van der Waals surface area contributed by atoms with Gasteiger partial charge in [-0.2, -0.15) is 0 Å². The number of methoxy groups -OCH3 is 1. The van der Waals surface area contributed by atoms with Crippen molar-refractivity contribution in [2.24, 2.45) is 11.3 Å². The van der Waals surface area contributed by atoms with E-state index < -0.39 is 5.41 Å². The minimum Gasteiger partial charge on any atom is -0.468 e. The van der Waals surface area contributed by atoms with E-state index in [-0.39, 0.29) is 5.97 Å². The molecule has 1 aromatic heterocycles. The second kappa shape index (κ2) is 4.78. The summed E-state index contributed by atoms with van der Waals surface area (Å²) in [6, 6.07) is 0. The number of carbonyl (C=O) groups excluding carboxylic acids is 1. The van der Waals surface area contributed by atoms with Gasteiger partial charge in [0.25, 0.3) is 0 Å². The minimum absolute atomic E-state index is 0.257. The summed E-state index contributed by atoms with van der Waals surface area (Å²) in [5.41, 5.74) is 0.546. The van der Waals surface area contributed by atoms with Gasteiger partial charge >= 0.3 is 5.97 Å². The lowest BCUT2D eigenvalue weighted by Gasteiger charge is -2.18. The highest BCUT2D eigenvalue weighted by atomic mass is 32.1. The van der Waals surface area contributed by atoms with Crippen molar-refractivity contribution >= 4 is 22.4 Å². The molecule has 1 unspecified atom stereocenters. The van der Waals surface area contributed by atoms with E-state index in [4.69, 9.17) is 4.74 Å². The third-order valence-corrected chi connectivity index (χ3v) is 4.86. The van der Waals surface area contributed by atoms with Crippen molar-refractivity contribution in [1.29, 1.82) is 0 Å². The molecule has 2 rings (SSSR count). The number of aromatic nitrogens is 1. The number of ether oxygens (including phenoxy) is 1. The van der Waals surface area contributed by atoms with Crippen LogP contribution in [0.3, 0.4) is 0 Å². The van der Waals surface area contributed by atoms with Gasteiger partial charge in [0.05, 0.1) is 12.8 Å². The second-order valence-electron chi connectivity index (χ2n) is 6.43. The van der Waals surface area contributed by atoms with Gasteiger partial charge in [0.15, 0.2) is 5.13 Å². The van der Waals surface area contributed by atoms with E-state index in [1.54, 1.807) is 11.3 Å². The van der Waals surface area contributed by atoms with Crippen molar-refractivity contribution in [3.63, 3.8) is 0 Å². The first kappa shape index (κ1) is 14.3. The van der Waals surface area contributed by atoms with Gasteiger partial charge in [-0.1, -0.05) is 13.8 Å². The molecule has 1 aromatic rings. The molecule has 0 spiro atoms. The number of thiazole rings is 1. The highest BCUT2D eigenvalue weighted by molar-refractivity contribution is 7.13. The molecule has 0 aromatic carbocycles. The normalized spacial score (nSPS) is 21.0. The summed E-state index contributed by atoms with van der Waals surface area (Å²) >= 11 is 1.54. The van der Waals surface area contributed by atoms with Crippen LogP contribution in [0, 0.1) is 11.3 Å². The predicted molar refractivity (Wildman–Crippen MR) is 77.5 cm³/mol.